The molecule has 0 unspecified atom stereocenters. The molecule has 0 N–H and O–H groups in total. The molecule has 2 heterocycles. The summed E-state index contributed by atoms with van der Waals surface area (Å²) in [5.74, 6) is 0.830. The van der Waals surface area contributed by atoms with E-state index in [1.54, 1.807) is 28.6 Å². The van der Waals surface area contributed by atoms with Crippen LogP contribution in [-0.4, -0.2) is 49.8 Å². The number of halogens is 1. The maximum Gasteiger partial charge on any atom is 0.243 e. The van der Waals surface area contributed by atoms with E-state index in [0.29, 0.717) is 29.0 Å². The molecule has 4 nitrogen and oxygen atoms in total. The molecule has 0 aromatic heterocycles. The molecule has 23 heavy (non-hydrogen) atoms. The van der Waals surface area contributed by atoms with Gasteiger partial charge >= 0.3 is 0 Å². The smallest absolute Gasteiger partial charge is 0.243 e. The number of sulfonamides is 1. The molecular formula is C17H25ClN2O2S. The predicted octanol–water partition coefficient (Wildman–Crippen LogP) is 3.23. The number of hydrogen-bond donors (Lipinski definition) is 0. The van der Waals surface area contributed by atoms with Gasteiger partial charge in [-0.1, -0.05) is 18.5 Å². The lowest BCUT2D eigenvalue weighted by Gasteiger charge is -2.41. The Bertz CT molecular complexity index is 616. The second kappa shape index (κ2) is 7.09. The Morgan fingerprint density at radius 1 is 0.957 bits per heavy atom. The van der Waals surface area contributed by atoms with Crippen LogP contribution in [0, 0.1) is 5.92 Å². The van der Waals surface area contributed by atoms with Crippen LogP contribution in [0.2, 0.25) is 5.02 Å². The summed E-state index contributed by atoms with van der Waals surface area (Å²) in [5, 5.41) is 0.557. The second-order valence-electron chi connectivity index (χ2n) is 6.81. The van der Waals surface area contributed by atoms with Gasteiger partial charge in [-0.05, 0) is 69.0 Å². The predicted molar refractivity (Wildman–Crippen MR) is 93.2 cm³/mol. The third-order valence-electron chi connectivity index (χ3n) is 5.21. The summed E-state index contributed by atoms with van der Waals surface area (Å²) in [5.41, 5.74) is 0. The Morgan fingerprint density at radius 3 is 2.09 bits per heavy atom. The number of rotatable bonds is 3. The van der Waals surface area contributed by atoms with Gasteiger partial charge in [0.05, 0.1) is 4.90 Å². The van der Waals surface area contributed by atoms with E-state index in [9.17, 15) is 8.42 Å². The highest BCUT2D eigenvalue weighted by molar-refractivity contribution is 7.89. The molecule has 0 bridgehead atoms. The number of hydrogen-bond acceptors (Lipinski definition) is 3. The van der Waals surface area contributed by atoms with Crippen LogP contribution in [0.15, 0.2) is 29.2 Å². The largest absolute Gasteiger partial charge is 0.300 e. The highest BCUT2D eigenvalue weighted by atomic mass is 35.5. The van der Waals surface area contributed by atoms with Crippen molar-refractivity contribution in [3.05, 3.63) is 29.3 Å². The van der Waals surface area contributed by atoms with Gasteiger partial charge in [-0.2, -0.15) is 4.31 Å². The summed E-state index contributed by atoms with van der Waals surface area (Å²) >= 11 is 5.85. The Morgan fingerprint density at radius 2 is 1.52 bits per heavy atom. The Labute approximate surface area is 144 Å². The van der Waals surface area contributed by atoms with Crippen LogP contribution in [-0.2, 0) is 10.0 Å². The van der Waals surface area contributed by atoms with Crippen molar-refractivity contribution in [2.24, 2.45) is 5.92 Å². The summed E-state index contributed by atoms with van der Waals surface area (Å²) in [7, 11) is -3.39. The van der Waals surface area contributed by atoms with Gasteiger partial charge in [-0.25, -0.2) is 8.42 Å². The molecule has 3 rings (SSSR count). The molecule has 0 amide bonds. The first kappa shape index (κ1) is 17.2. The Kier molecular flexibility index (Phi) is 5.31. The SMILES string of the molecule is CC1CCN(C2CCN(S(=O)(=O)c3ccc(Cl)cc3)CC2)CC1. The van der Waals surface area contributed by atoms with E-state index in [1.165, 1.54) is 12.8 Å². The summed E-state index contributed by atoms with van der Waals surface area (Å²) in [4.78, 5) is 2.90. The molecule has 128 valence electrons. The molecule has 2 aliphatic rings. The van der Waals surface area contributed by atoms with Gasteiger partial charge in [-0.3, -0.25) is 0 Å². The van der Waals surface area contributed by atoms with Crippen LogP contribution in [0.25, 0.3) is 0 Å². The zero-order chi connectivity index (χ0) is 16.4. The molecule has 1 aromatic rings. The fourth-order valence-corrected chi connectivity index (χ4v) is 5.19. The Balaban J connectivity index is 1.61. The monoisotopic (exact) mass is 356 g/mol. The molecule has 0 aliphatic carbocycles. The van der Waals surface area contributed by atoms with Crippen LogP contribution in [0.4, 0.5) is 0 Å². The minimum atomic E-state index is -3.39. The molecule has 0 saturated carbocycles. The average molecular weight is 357 g/mol. The van der Waals surface area contributed by atoms with E-state index in [0.717, 1.165) is 31.8 Å². The lowest BCUT2D eigenvalue weighted by Crippen LogP contribution is -2.48. The van der Waals surface area contributed by atoms with E-state index in [1.807, 2.05) is 0 Å². The van der Waals surface area contributed by atoms with Crippen LogP contribution in [0.3, 0.4) is 0 Å². The lowest BCUT2D eigenvalue weighted by molar-refractivity contribution is 0.101. The summed E-state index contributed by atoms with van der Waals surface area (Å²) in [6.07, 6.45) is 4.40. The number of benzene rings is 1. The summed E-state index contributed by atoms with van der Waals surface area (Å²) in [6.45, 7) is 5.87. The van der Waals surface area contributed by atoms with Crippen molar-refractivity contribution >= 4 is 21.6 Å². The van der Waals surface area contributed by atoms with Gasteiger partial charge in [0.25, 0.3) is 0 Å². The first-order chi connectivity index (χ1) is 11.0. The minimum absolute atomic E-state index is 0.340. The molecule has 2 fully saturated rings. The molecule has 0 spiro atoms. The first-order valence-corrected chi connectivity index (χ1v) is 10.3. The maximum atomic E-state index is 12.7. The van der Waals surface area contributed by atoms with E-state index in [4.69, 9.17) is 11.6 Å². The molecule has 6 heteroatoms. The second-order valence-corrected chi connectivity index (χ2v) is 9.18. The summed E-state index contributed by atoms with van der Waals surface area (Å²) < 4.78 is 27.0. The zero-order valence-electron chi connectivity index (χ0n) is 13.6. The van der Waals surface area contributed by atoms with Crippen molar-refractivity contribution in [2.75, 3.05) is 26.2 Å². The van der Waals surface area contributed by atoms with Crippen LogP contribution < -0.4 is 0 Å². The van der Waals surface area contributed by atoms with Gasteiger partial charge in [0, 0.05) is 24.2 Å². The van der Waals surface area contributed by atoms with Crippen molar-refractivity contribution < 1.29 is 8.42 Å². The van der Waals surface area contributed by atoms with Gasteiger partial charge in [0.1, 0.15) is 0 Å². The van der Waals surface area contributed by atoms with E-state index >= 15 is 0 Å². The van der Waals surface area contributed by atoms with E-state index in [-0.39, 0.29) is 0 Å². The minimum Gasteiger partial charge on any atom is -0.300 e. The summed E-state index contributed by atoms with van der Waals surface area (Å²) in [6, 6.07) is 7.00. The zero-order valence-corrected chi connectivity index (χ0v) is 15.2. The Hall–Kier alpha value is -0.620. The van der Waals surface area contributed by atoms with Crippen molar-refractivity contribution in [3.8, 4) is 0 Å². The highest BCUT2D eigenvalue weighted by Gasteiger charge is 2.32. The third kappa shape index (κ3) is 3.90. The third-order valence-corrected chi connectivity index (χ3v) is 7.37. The number of piperidine rings is 2. The molecule has 2 aliphatic heterocycles. The van der Waals surface area contributed by atoms with Crippen LogP contribution in [0.1, 0.15) is 32.6 Å². The average Bonchev–Trinajstić information content (AvgIpc) is 2.56. The fraction of sp³-hybridized carbons (Fsp3) is 0.647. The van der Waals surface area contributed by atoms with Gasteiger partial charge in [-0.15, -0.1) is 0 Å². The van der Waals surface area contributed by atoms with Gasteiger partial charge in [0.15, 0.2) is 0 Å². The van der Waals surface area contributed by atoms with Crippen LogP contribution in [0.5, 0.6) is 0 Å². The lowest BCUT2D eigenvalue weighted by atomic mass is 9.95. The molecule has 0 radical (unpaired) electrons. The number of nitrogens with zero attached hydrogens (tertiary/aromatic N) is 2. The van der Waals surface area contributed by atoms with Crippen molar-refractivity contribution in [2.45, 2.75) is 43.5 Å². The van der Waals surface area contributed by atoms with Gasteiger partial charge < -0.3 is 4.90 Å². The molecule has 1 aromatic carbocycles. The van der Waals surface area contributed by atoms with Crippen molar-refractivity contribution in [1.29, 1.82) is 0 Å². The maximum absolute atomic E-state index is 12.7. The quantitative estimate of drug-likeness (QED) is 0.834. The first-order valence-electron chi connectivity index (χ1n) is 8.46. The van der Waals surface area contributed by atoms with E-state index in [2.05, 4.69) is 11.8 Å². The normalized spacial score (nSPS) is 23.2. The number of likely N-dealkylation sites (tertiary alicyclic amines) is 1. The fourth-order valence-electron chi connectivity index (χ4n) is 3.60. The van der Waals surface area contributed by atoms with E-state index < -0.39 is 10.0 Å². The standard InChI is InChI=1S/C17H25ClN2O2S/c1-14-6-10-19(11-7-14)16-8-12-20(13-9-16)23(21,22)17-4-2-15(18)3-5-17/h2-5,14,16H,6-13H2,1H3. The molecular weight excluding hydrogens is 332 g/mol. The molecule has 0 atom stereocenters. The molecule has 2 saturated heterocycles. The van der Waals surface area contributed by atoms with Crippen molar-refractivity contribution in [1.82, 2.24) is 9.21 Å². The van der Waals surface area contributed by atoms with Crippen LogP contribution >= 0.6 is 11.6 Å². The van der Waals surface area contributed by atoms with Gasteiger partial charge in [0.2, 0.25) is 10.0 Å². The topological polar surface area (TPSA) is 40.6 Å². The van der Waals surface area contributed by atoms with Crippen molar-refractivity contribution in [3.63, 3.8) is 0 Å². The highest BCUT2D eigenvalue weighted by Crippen LogP contribution is 2.26.